The second-order valence-corrected chi connectivity index (χ2v) is 6.11. The second-order valence-electron chi connectivity index (χ2n) is 6.11. The van der Waals surface area contributed by atoms with Crippen molar-refractivity contribution in [2.45, 2.75) is 13.3 Å². The van der Waals surface area contributed by atoms with E-state index in [0.717, 1.165) is 5.39 Å². The first-order valence-corrected chi connectivity index (χ1v) is 8.57. The third kappa shape index (κ3) is 4.37. The number of methoxy groups -OCH3 is 1. The van der Waals surface area contributed by atoms with Crippen molar-refractivity contribution in [1.82, 2.24) is 0 Å². The van der Waals surface area contributed by atoms with Crippen LogP contribution in [0.2, 0.25) is 0 Å². The minimum Gasteiger partial charge on any atom is -0.497 e. The number of nitrogens with one attached hydrogen (secondary N) is 1. The number of fused-ring (bicyclic) bond motifs is 1. The van der Waals surface area contributed by atoms with Crippen molar-refractivity contribution in [3.05, 3.63) is 59.9 Å². The van der Waals surface area contributed by atoms with E-state index < -0.39 is 18.5 Å². The zero-order valence-electron chi connectivity index (χ0n) is 15.5. The van der Waals surface area contributed by atoms with Gasteiger partial charge in [0.2, 0.25) is 0 Å². The molecule has 0 fully saturated rings. The summed E-state index contributed by atoms with van der Waals surface area (Å²) in [6.45, 7) is 0.963. The summed E-state index contributed by atoms with van der Waals surface area (Å²) in [5.41, 5.74) is 2.03. The molecule has 0 bridgehead atoms. The smallest absolute Gasteiger partial charge is 0.310 e. The second kappa shape index (κ2) is 8.39. The van der Waals surface area contributed by atoms with Crippen LogP contribution < -0.4 is 10.1 Å². The first-order chi connectivity index (χ1) is 13.5. The molecule has 1 amide bonds. The number of benzene rings is 2. The lowest BCUT2D eigenvalue weighted by atomic mass is 10.1. The van der Waals surface area contributed by atoms with Crippen molar-refractivity contribution in [3.63, 3.8) is 0 Å². The lowest BCUT2D eigenvalue weighted by molar-refractivity contribution is -0.146. The third-order valence-corrected chi connectivity index (χ3v) is 4.14. The SMILES string of the molecule is COc1ccc2c(CC(=O)OCC(=O)Nc3ccccc3C(C)=O)coc2c1. The summed E-state index contributed by atoms with van der Waals surface area (Å²) >= 11 is 0. The molecule has 3 aromatic rings. The largest absolute Gasteiger partial charge is 0.497 e. The zero-order valence-corrected chi connectivity index (χ0v) is 15.5. The van der Waals surface area contributed by atoms with Gasteiger partial charge in [-0.1, -0.05) is 12.1 Å². The Hall–Kier alpha value is -3.61. The quantitative estimate of drug-likeness (QED) is 0.498. The predicted octanol–water partition coefficient (Wildman–Crippen LogP) is 3.37. The summed E-state index contributed by atoms with van der Waals surface area (Å²) in [5.74, 6) is -0.604. The Morgan fingerprint density at radius 1 is 1.11 bits per heavy atom. The average molecular weight is 381 g/mol. The molecule has 0 spiro atoms. The molecule has 1 N–H and O–H groups in total. The number of Topliss-reactive ketones (excluding diaryl/α,β-unsaturated/α-hetero) is 1. The van der Waals surface area contributed by atoms with E-state index in [4.69, 9.17) is 13.9 Å². The molecule has 0 unspecified atom stereocenters. The molecule has 0 radical (unpaired) electrons. The summed E-state index contributed by atoms with van der Waals surface area (Å²) in [6.07, 6.45) is 1.45. The number of carbonyl (C=O) groups excluding carboxylic acids is 3. The topological polar surface area (TPSA) is 94.8 Å². The van der Waals surface area contributed by atoms with Gasteiger partial charge in [0, 0.05) is 22.6 Å². The monoisotopic (exact) mass is 381 g/mol. The molecule has 2 aromatic carbocycles. The maximum absolute atomic E-state index is 12.1. The number of ketones is 1. The van der Waals surface area contributed by atoms with Gasteiger partial charge < -0.3 is 19.2 Å². The molecule has 28 heavy (non-hydrogen) atoms. The Morgan fingerprint density at radius 2 is 1.89 bits per heavy atom. The van der Waals surface area contributed by atoms with Gasteiger partial charge in [0.1, 0.15) is 11.3 Å². The van der Waals surface area contributed by atoms with E-state index in [0.29, 0.717) is 28.1 Å². The number of para-hydroxylation sites is 1. The maximum atomic E-state index is 12.1. The molecule has 1 heterocycles. The van der Waals surface area contributed by atoms with E-state index in [1.54, 1.807) is 49.6 Å². The number of anilines is 1. The van der Waals surface area contributed by atoms with Crippen LogP contribution in [0.1, 0.15) is 22.8 Å². The van der Waals surface area contributed by atoms with Crippen LogP contribution >= 0.6 is 0 Å². The van der Waals surface area contributed by atoms with E-state index in [1.165, 1.54) is 13.2 Å². The summed E-state index contributed by atoms with van der Waals surface area (Å²) in [7, 11) is 1.56. The minimum atomic E-state index is -0.562. The van der Waals surface area contributed by atoms with Crippen LogP contribution in [0.5, 0.6) is 5.75 Å². The van der Waals surface area contributed by atoms with Crippen molar-refractivity contribution < 1.29 is 28.3 Å². The van der Waals surface area contributed by atoms with Crippen LogP contribution in [0.4, 0.5) is 5.69 Å². The zero-order chi connectivity index (χ0) is 20.1. The van der Waals surface area contributed by atoms with E-state index >= 15 is 0 Å². The lowest BCUT2D eigenvalue weighted by Gasteiger charge is -2.09. The normalized spacial score (nSPS) is 10.5. The third-order valence-electron chi connectivity index (χ3n) is 4.14. The van der Waals surface area contributed by atoms with Gasteiger partial charge in [-0.3, -0.25) is 14.4 Å². The summed E-state index contributed by atoms with van der Waals surface area (Å²) in [5, 5.41) is 3.35. The number of amides is 1. The van der Waals surface area contributed by atoms with E-state index in [-0.39, 0.29) is 12.2 Å². The van der Waals surface area contributed by atoms with Gasteiger partial charge in [-0.05, 0) is 31.2 Å². The van der Waals surface area contributed by atoms with Crippen LogP contribution in [0, 0.1) is 0 Å². The number of hydrogen-bond acceptors (Lipinski definition) is 6. The highest BCUT2D eigenvalue weighted by Crippen LogP contribution is 2.26. The van der Waals surface area contributed by atoms with Crippen LogP contribution in [0.15, 0.2) is 53.1 Å². The molecule has 7 heteroatoms. The molecular weight excluding hydrogens is 362 g/mol. The first-order valence-electron chi connectivity index (χ1n) is 8.57. The van der Waals surface area contributed by atoms with E-state index in [9.17, 15) is 14.4 Å². The number of hydrogen-bond donors (Lipinski definition) is 1. The van der Waals surface area contributed by atoms with Gasteiger partial charge in [0.15, 0.2) is 12.4 Å². The highest BCUT2D eigenvalue weighted by Gasteiger charge is 2.15. The fraction of sp³-hybridized carbons (Fsp3) is 0.190. The number of ether oxygens (including phenoxy) is 2. The average Bonchev–Trinajstić information content (AvgIpc) is 3.08. The fourth-order valence-corrected chi connectivity index (χ4v) is 2.77. The number of esters is 1. The van der Waals surface area contributed by atoms with E-state index in [2.05, 4.69) is 5.32 Å². The molecule has 144 valence electrons. The molecule has 0 aliphatic carbocycles. The van der Waals surface area contributed by atoms with Gasteiger partial charge in [0.05, 0.1) is 25.5 Å². The number of carbonyl (C=O) groups is 3. The predicted molar refractivity (Wildman–Crippen MR) is 103 cm³/mol. The number of rotatable bonds is 7. The van der Waals surface area contributed by atoms with Gasteiger partial charge in [0.25, 0.3) is 5.91 Å². The van der Waals surface area contributed by atoms with Crippen LogP contribution in [0.3, 0.4) is 0 Å². The Bertz CT molecular complexity index is 1040. The molecule has 7 nitrogen and oxygen atoms in total. The number of furan rings is 1. The Kier molecular flexibility index (Phi) is 5.74. The Labute approximate surface area is 161 Å². The van der Waals surface area contributed by atoms with Gasteiger partial charge >= 0.3 is 5.97 Å². The van der Waals surface area contributed by atoms with Gasteiger partial charge in [-0.15, -0.1) is 0 Å². The lowest BCUT2D eigenvalue weighted by Crippen LogP contribution is -2.22. The minimum absolute atomic E-state index is 0.0311. The maximum Gasteiger partial charge on any atom is 0.310 e. The highest BCUT2D eigenvalue weighted by atomic mass is 16.5. The molecule has 0 saturated heterocycles. The molecule has 3 rings (SSSR count). The first kappa shape index (κ1) is 19.2. The van der Waals surface area contributed by atoms with Crippen LogP contribution in [-0.2, 0) is 20.7 Å². The van der Waals surface area contributed by atoms with Gasteiger partial charge in [-0.2, -0.15) is 0 Å². The summed E-state index contributed by atoms with van der Waals surface area (Å²) in [6, 6.07) is 11.9. The van der Waals surface area contributed by atoms with Crippen molar-refractivity contribution in [2.75, 3.05) is 19.0 Å². The molecule has 0 aliphatic rings. The molecular formula is C21H19NO6. The Morgan fingerprint density at radius 3 is 2.64 bits per heavy atom. The fourth-order valence-electron chi connectivity index (χ4n) is 2.77. The van der Waals surface area contributed by atoms with Crippen LogP contribution in [-0.4, -0.2) is 31.4 Å². The highest BCUT2D eigenvalue weighted by molar-refractivity contribution is 6.04. The summed E-state index contributed by atoms with van der Waals surface area (Å²) in [4.78, 5) is 35.7. The van der Waals surface area contributed by atoms with Gasteiger partial charge in [-0.25, -0.2) is 0 Å². The molecule has 1 aromatic heterocycles. The van der Waals surface area contributed by atoms with Crippen LogP contribution in [0.25, 0.3) is 11.0 Å². The van der Waals surface area contributed by atoms with E-state index in [1.807, 2.05) is 0 Å². The molecule has 0 aliphatic heterocycles. The van der Waals surface area contributed by atoms with Crippen molar-refractivity contribution >= 4 is 34.3 Å². The molecule has 0 atom stereocenters. The Balaban J connectivity index is 1.57. The van der Waals surface area contributed by atoms with Crippen molar-refractivity contribution in [2.24, 2.45) is 0 Å². The molecule has 0 saturated carbocycles. The summed E-state index contributed by atoms with van der Waals surface area (Å²) < 4.78 is 15.6. The standard InChI is InChI=1S/C21H19NO6/c1-13(23)16-5-3-4-6-18(16)22-20(24)12-28-21(25)9-14-11-27-19-10-15(26-2)7-8-17(14)19/h3-8,10-11H,9,12H2,1-2H3,(H,22,24). The van der Waals surface area contributed by atoms with Crippen molar-refractivity contribution in [3.8, 4) is 5.75 Å². The van der Waals surface area contributed by atoms with Crippen molar-refractivity contribution in [1.29, 1.82) is 0 Å².